The van der Waals surface area contributed by atoms with Gasteiger partial charge >= 0.3 is 0 Å². The normalized spacial score (nSPS) is 64.4. The summed E-state index contributed by atoms with van der Waals surface area (Å²) >= 11 is 0. The fourth-order valence-electron chi connectivity index (χ4n) is 3.87. The Bertz CT molecular complexity index is 253. The van der Waals surface area contributed by atoms with Crippen molar-refractivity contribution in [2.75, 3.05) is 19.6 Å². The lowest BCUT2D eigenvalue weighted by atomic mass is 9.50. The Labute approximate surface area is 78.4 Å². The van der Waals surface area contributed by atoms with E-state index < -0.39 is 5.60 Å². The van der Waals surface area contributed by atoms with Crippen molar-refractivity contribution in [3.8, 4) is 0 Å². The van der Waals surface area contributed by atoms with Crippen molar-refractivity contribution < 1.29 is 10.2 Å². The molecule has 3 rings (SSSR count). The van der Waals surface area contributed by atoms with Gasteiger partial charge in [-0.15, -0.1) is 0 Å². The number of piperidine rings is 1. The fourth-order valence-corrected chi connectivity index (χ4v) is 3.87. The van der Waals surface area contributed by atoms with E-state index in [0.717, 1.165) is 32.5 Å². The first-order valence-electron chi connectivity index (χ1n) is 5.16. The molecule has 74 valence electrons. The molecule has 1 spiro atoms. The number of nitrogens with zero attached hydrogens (tertiary/aromatic N) is 1. The van der Waals surface area contributed by atoms with Crippen molar-refractivity contribution >= 4 is 0 Å². The van der Waals surface area contributed by atoms with Crippen LogP contribution in [0, 0.1) is 11.3 Å². The largest absolute Gasteiger partial charge is 0.392 e. The number of aliphatic hydroxyl groups excluding tert-OH is 1. The fraction of sp³-hybridized carbons (Fsp3) is 1.00. The van der Waals surface area contributed by atoms with Gasteiger partial charge in [0.05, 0.1) is 11.7 Å². The molecule has 1 aliphatic carbocycles. The maximum absolute atomic E-state index is 10.2. The molecule has 5 atom stereocenters. The molecule has 0 aromatic carbocycles. The van der Waals surface area contributed by atoms with Crippen molar-refractivity contribution in [3.05, 3.63) is 0 Å². The van der Waals surface area contributed by atoms with Gasteiger partial charge in [0.15, 0.2) is 0 Å². The highest BCUT2D eigenvalue weighted by Crippen LogP contribution is 2.62. The van der Waals surface area contributed by atoms with Gasteiger partial charge in [-0.05, 0) is 25.7 Å². The average Bonchev–Trinajstić information content (AvgIpc) is 2.21. The minimum Gasteiger partial charge on any atom is -0.392 e. The summed E-state index contributed by atoms with van der Waals surface area (Å²) in [5, 5.41) is 19.9. The molecular formula is C10H17NO2. The van der Waals surface area contributed by atoms with Gasteiger partial charge in [0.2, 0.25) is 0 Å². The number of hydrogen-bond acceptors (Lipinski definition) is 3. The summed E-state index contributed by atoms with van der Waals surface area (Å²) in [7, 11) is 0. The highest BCUT2D eigenvalue weighted by Gasteiger charge is 2.67. The SMILES string of the molecule is CC1(O)CC2CN3CC(O)CC21C3. The molecule has 3 fully saturated rings. The predicted octanol–water partition coefficient (Wildman–Crippen LogP) is -0.176. The Morgan fingerprint density at radius 3 is 2.77 bits per heavy atom. The molecule has 2 heterocycles. The van der Waals surface area contributed by atoms with E-state index in [9.17, 15) is 10.2 Å². The second-order valence-electron chi connectivity index (χ2n) is 5.38. The van der Waals surface area contributed by atoms with E-state index in [0.29, 0.717) is 5.92 Å². The van der Waals surface area contributed by atoms with Gasteiger partial charge in [-0.1, -0.05) is 0 Å². The van der Waals surface area contributed by atoms with E-state index in [-0.39, 0.29) is 11.5 Å². The third-order valence-corrected chi connectivity index (χ3v) is 4.55. The van der Waals surface area contributed by atoms with Crippen molar-refractivity contribution in [1.82, 2.24) is 4.90 Å². The lowest BCUT2D eigenvalue weighted by Crippen LogP contribution is -2.64. The standard InChI is InChI=1S/C10H17NO2/c1-9(13)2-7-4-11-5-8(12)3-10(7,9)6-11/h7-8,12-13H,2-6H2,1H3. The number of rotatable bonds is 0. The monoisotopic (exact) mass is 183 g/mol. The van der Waals surface area contributed by atoms with Gasteiger partial charge in [0, 0.05) is 25.0 Å². The minimum atomic E-state index is -0.520. The smallest absolute Gasteiger partial charge is 0.0695 e. The molecule has 5 unspecified atom stereocenters. The summed E-state index contributed by atoms with van der Waals surface area (Å²) in [5.41, 5.74) is -0.488. The summed E-state index contributed by atoms with van der Waals surface area (Å²) in [6, 6.07) is 0. The topological polar surface area (TPSA) is 43.7 Å². The number of hydrogen-bond donors (Lipinski definition) is 2. The van der Waals surface area contributed by atoms with Crippen LogP contribution in [0.1, 0.15) is 19.8 Å². The van der Waals surface area contributed by atoms with Gasteiger partial charge in [-0.2, -0.15) is 0 Å². The molecule has 3 heteroatoms. The van der Waals surface area contributed by atoms with E-state index >= 15 is 0 Å². The van der Waals surface area contributed by atoms with Crippen LogP contribution < -0.4 is 0 Å². The summed E-state index contributed by atoms with van der Waals surface area (Å²) in [6.45, 7) is 4.84. The quantitative estimate of drug-likeness (QED) is 0.548. The van der Waals surface area contributed by atoms with Crippen molar-refractivity contribution in [2.24, 2.45) is 11.3 Å². The van der Waals surface area contributed by atoms with E-state index in [1.165, 1.54) is 0 Å². The molecule has 3 aliphatic rings. The van der Waals surface area contributed by atoms with E-state index in [1.807, 2.05) is 6.92 Å². The van der Waals surface area contributed by atoms with Crippen LogP contribution in [0.3, 0.4) is 0 Å². The molecule has 2 saturated heterocycles. The van der Waals surface area contributed by atoms with E-state index in [4.69, 9.17) is 0 Å². The molecule has 2 N–H and O–H groups in total. The Balaban J connectivity index is 1.96. The van der Waals surface area contributed by atoms with Gasteiger partial charge in [0.1, 0.15) is 0 Å². The zero-order valence-corrected chi connectivity index (χ0v) is 8.03. The van der Waals surface area contributed by atoms with Gasteiger partial charge < -0.3 is 10.2 Å². The Hall–Kier alpha value is -0.120. The molecule has 2 bridgehead atoms. The summed E-state index contributed by atoms with van der Waals surface area (Å²) in [4.78, 5) is 2.31. The van der Waals surface area contributed by atoms with Crippen molar-refractivity contribution in [2.45, 2.75) is 31.5 Å². The predicted molar refractivity (Wildman–Crippen MR) is 48.2 cm³/mol. The number of aliphatic hydroxyl groups is 2. The molecule has 3 nitrogen and oxygen atoms in total. The summed E-state index contributed by atoms with van der Waals surface area (Å²) in [5.74, 6) is 0.639. The molecule has 0 radical (unpaired) electrons. The lowest BCUT2D eigenvalue weighted by Gasteiger charge is -2.58. The van der Waals surface area contributed by atoms with Gasteiger partial charge in [-0.25, -0.2) is 0 Å². The van der Waals surface area contributed by atoms with Crippen LogP contribution in [-0.4, -0.2) is 46.5 Å². The van der Waals surface area contributed by atoms with Crippen LogP contribution in [0.15, 0.2) is 0 Å². The van der Waals surface area contributed by atoms with Crippen molar-refractivity contribution in [3.63, 3.8) is 0 Å². The second kappa shape index (κ2) is 2.10. The van der Waals surface area contributed by atoms with Crippen LogP contribution in [0.5, 0.6) is 0 Å². The summed E-state index contributed by atoms with van der Waals surface area (Å²) in [6.07, 6.45) is 1.52. The van der Waals surface area contributed by atoms with Crippen LogP contribution in [0.2, 0.25) is 0 Å². The maximum atomic E-state index is 10.2. The lowest BCUT2D eigenvalue weighted by molar-refractivity contribution is -0.197. The molecule has 0 aromatic rings. The molecule has 0 aromatic heterocycles. The van der Waals surface area contributed by atoms with E-state index in [2.05, 4.69) is 4.90 Å². The number of fused-ring (bicyclic) bond motifs is 1. The van der Waals surface area contributed by atoms with Crippen LogP contribution in [0.4, 0.5) is 0 Å². The first-order valence-corrected chi connectivity index (χ1v) is 5.16. The first kappa shape index (κ1) is 8.21. The zero-order valence-electron chi connectivity index (χ0n) is 8.03. The summed E-state index contributed by atoms with van der Waals surface area (Å²) < 4.78 is 0. The van der Waals surface area contributed by atoms with Gasteiger partial charge in [0.25, 0.3) is 0 Å². The third-order valence-electron chi connectivity index (χ3n) is 4.55. The first-order chi connectivity index (χ1) is 6.03. The molecule has 13 heavy (non-hydrogen) atoms. The molecular weight excluding hydrogens is 166 g/mol. The van der Waals surface area contributed by atoms with Crippen LogP contribution >= 0.6 is 0 Å². The van der Waals surface area contributed by atoms with Crippen molar-refractivity contribution in [1.29, 1.82) is 0 Å². The Kier molecular flexibility index (Phi) is 1.33. The Morgan fingerprint density at radius 1 is 1.31 bits per heavy atom. The Morgan fingerprint density at radius 2 is 2.08 bits per heavy atom. The second-order valence-corrected chi connectivity index (χ2v) is 5.38. The highest BCUT2D eigenvalue weighted by atomic mass is 16.3. The van der Waals surface area contributed by atoms with Crippen LogP contribution in [-0.2, 0) is 0 Å². The maximum Gasteiger partial charge on any atom is 0.0695 e. The minimum absolute atomic E-state index is 0.0324. The molecule has 0 amide bonds. The molecule has 2 aliphatic heterocycles. The van der Waals surface area contributed by atoms with Crippen LogP contribution in [0.25, 0.3) is 0 Å². The average molecular weight is 183 g/mol. The van der Waals surface area contributed by atoms with E-state index in [1.54, 1.807) is 0 Å². The zero-order chi connectivity index (χ0) is 9.27. The third kappa shape index (κ3) is 0.808. The van der Waals surface area contributed by atoms with Gasteiger partial charge in [-0.3, -0.25) is 4.90 Å². The highest BCUT2D eigenvalue weighted by molar-refractivity contribution is 5.18. The molecule has 1 saturated carbocycles.